The van der Waals surface area contributed by atoms with Gasteiger partial charge in [-0.3, -0.25) is 0 Å². The van der Waals surface area contributed by atoms with Gasteiger partial charge in [-0.1, -0.05) is 30.3 Å². The van der Waals surface area contributed by atoms with Crippen molar-refractivity contribution in [3.8, 4) is 0 Å². The molecule has 1 aromatic rings. The lowest BCUT2D eigenvalue weighted by atomic mass is 9.86. The predicted molar refractivity (Wildman–Crippen MR) is 63.1 cm³/mol. The first kappa shape index (κ1) is 11.5. The Balaban J connectivity index is 0.000000980. The number of rotatable bonds is 1. The van der Waals surface area contributed by atoms with Gasteiger partial charge in [0.2, 0.25) is 0 Å². The fourth-order valence-electron chi connectivity index (χ4n) is 2.20. The molecule has 2 atom stereocenters. The number of nitrogens with one attached hydrogen (secondary N) is 1. The molecule has 0 amide bonds. The van der Waals surface area contributed by atoms with Crippen LogP contribution in [0.15, 0.2) is 30.3 Å². The molecule has 1 nitrogen and oxygen atoms in total. The molecule has 0 spiro atoms. The summed E-state index contributed by atoms with van der Waals surface area (Å²) in [6.45, 7) is 3.47. The van der Waals surface area contributed by atoms with Crippen LogP contribution in [0.4, 0.5) is 0 Å². The van der Waals surface area contributed by atoms with Gasteiger partial charge in [0.25, 0.3) is 0 Å². The van der Waals surface area contributed by atoms with Gasteiger partial charge in [0.1, 0.15) is 0 Å². The molecule has 1 heterocycles. The van der Waals surface area contributed by atoms with Crippen molar-refractivity contribution in [3.63, 3.8) is 0 Å². The van der Waals surface area contributed by atoms with Crippen molar-refractivity contribution in [1.82, 2.24) is 5.32 Å². The van der Waals surface area contributed by atoms with Gasteiger partial charge in [0.05, 0.1) is 0 Å². The summed E-state index contributed by atoms with van der Waals surface area (Å²) in [5, 5.41) is 3.53. The van der Waals surface area contributed by atoms with E-state index in [1.54, 1.807) is 0 Å². The van der Waals surface area contributed by atoms with Crippen molar-refractivity contribution in [1.29, 1.82) is 0 Å². The summed E-state index contributed by atoms with van der Waals surface area (Å²) < 4.78 is 0. The quantitative estimate of drug-likeness (QED) is 0.753. The van der Waals surface area contributed by atoms with Crippen LogP contribution in [0, 0.1) is 0 Å². The summed E-state index contributed by atoms with van der Waals surface area (Å²) in [7, 11) is 0. The van der Waals surface area contributed by atoms with Gasteiger partial charge in [0.15, 0.2) is 0 Å². The maximum Gasteiger partial charge on any atom is 0.0107 e. The Kier molecular flexibility index (Phi) is 4.43. The van der Waals surface area contributed by atoms with Crippen LogP contribution < -0.4 is 5.32 Å². The summed E-state index contributed by atoms with van der Waals surface area (Å²) in [6, 6.07) is 11.5. The normalized spacial score (nSPS) is 26.6. The Labute approximate surface area is 92.3 Å². The van der Waals surface area contributed by atoms with Crippen molar-refractivity contribution in [2.45, 2.75) is 31.7 Å². The van der Waals surface area contributed by atoms with Gasteiger partial charge >= 0.3 is 0 Å². The maximum absolute atomic E-state index is 3.53. The highest BCUT2D eigenvalue weighted by Gasteiger charge is 2.21. The average molecular weight is 212 g/mol. The summed E-state index contributed by atoms with van der Waals surface area (Å²) in [5.41, 5.74) is 1.49. The van der Waals surface area contributed by atoms with E-state index in [2.05, 4.69) is 42.6 Å². The summed E-state index contributed by atoms with van der Waals surface area (Å²) >= 11 is 0. The minimum atomic E-state index is 0. The van der Waals surface area contributed by atoms with Gasteiger partial charge < -0.3 is 5.32 Å². The van der Waals surface area contributed by atoms with Crippen LogP contribution >= 0.6 is 12.4 Å². The minimum absolute atomic E-state index is 0. The monoisotopic (exact) mass is 211 g/mol. The minimum Gasteiger partial charge on any atom is -0.314 e. The maximum atomic E-state index is 3.53. The first-order valence-corrected chi connectivity index (χ1v) is 5.16. The summed E-state index contributed by atoms with van der Waals surface area (Å²) in [4.78, 5) is 0. The molecular weight excluding hydrogens is 194 g/mol. The Morgan fingerprint density at radius 2 is 1.93 bits per heavy atom. The standard InChI is InChI=1S/C12H17N.ClH/c1-10-12(8-5-9-13-10)11-6-3-2-4-7-11;/h2-4,6-7,10,12-13H,5,8-9H2,1H3;1H. The highest BCUT2D eigenvalue weighted by Crippen LogP contribution is 2.27. The van der Waals surface area contributed by atoms with E-state index in [4.69, 9.17) is 0 Å². The molecule has 2 unspecified atom stereocenters. The van der Waals surface area contributed by atoms with Crippen LogP contribution in [0.1, 0.15) is 31.2 Å². The SMILES string of the molecule is CC1NCCCC1c1ccccc1.Cl. The number of hydrogen-bond acceptors (Lipinski definition) is 1. The molecule has 1 fully saturated rings. The number of piperidine rings is 1. The molecule has 0 aliphatic carbocycles. The fourth-order valence-corrected chi connectivity index (χ4v) is 2.20. The summed E-state index contributed by atoms with van der Waals surface area (Å²) in [6.07, 6.45) is 2.64. The Bertz CT molecular complexity index is 260. The first-order chi connectivity index (χ1) is 6.38. The van der Waals surface area contributed by atoms with Crippen molar-refractivity contribution >= 4 is 12.4 Å². The molecule has 78 valence electrons. The van der Waals surface area contributed by atoms with Crippen molar-refractivity contribution in [3.05, 3.63) is 35.9 Å². The molecule has 2 rings (SSSR count). The lowest BCUT2D eigenvalue weighted by Gasteiger charge is -2.30. The molecule has 1 aliphatic heterocycles. The van der Waals surface area contributed by atoms with E-state index in [1.807, 2.05) is 0 Å². The van der Waals surface area contributed by atoms with Crippen LogP contribution in [0.5, 0.6) is 0 Å². The zero-order valence-electron chi connectivity index (χ0n) is 8.57. The zero-order valence-corrected chi connectivity index (χ0v) is 9.39. The van der Waals surface area contributed by atoms with Crippen LogP contribution in [0.2, 0.25) is 0 Å². The lowest BCUT2D eigenvalue weighted by molar-refractivity contribution is 0.371. The number of halogens is 1. The lowest BCUT2D eigenvalue weighted by Crippen LogP contribution is -2.37. The van der Waals surface area contributed by atoms with Gasteiger partial charge in [-0.05, 0) is 37.8 Å². The zero-order chi connectivity index (χ0) is 9.10. The fraction of sp³-hybridized carbons (Fsp3) is 0.500. The largest absolute Gasteiger partial charge is 0.314 e. The van der Waals surface area contributed by atoms with Crippen LogP contribution in [0.25, 0.3) is 0 Å². The molecule has 1 N–H and O–H groups in total. The summed E-state index contributed by atoms with van der Waals surface area (Å²) in [5.74, 6) is 0.718. The highest BCUT2D eigenvalue weighted by atomic mass is 35.5. The smallest absolute Gasteiger partial charge is 0.0107 e. The van der Waals surface area contributed by atoms with Gasteiger partial charge in [0, 0.05) is 6.04 Å². The third-order valence-electron chi connectivity index (χ3n) is 2.99. The van der Waals surface area contributed by atoms with E-state index in [1.165, 1.54) is 24.9 Å². The van der Waals surface area contributed by atoms with Crippen molar-refractivity contribution < 1.29 is 0 Å². The second-order valence-corrected chi connectivity index (χ2v) is 3.90. The van der Waals surface area contributed by atoms with Crippen LogP contribution in [-0.4, -0.2) is 12.6 Å². The van der Waals surface area contributed by atoms with Crippen molar-refractivity contribution in [2.75, 3.05) is 6.54 Å². The Hall–Kier alpha value is -0.530. The third-order valence-corrected chi connectivity index (χ3v) is 2.99. The Morgan fingerprint density at radius 3 is 2.57 bits per heavy atom. The molecule has 0 aromatic heterocycles. The van der Waals surface area contributed by atoms with Gasteiger partial charge in [-0.15, -0.1) is 12.4 Å². The average Bonchev–Trinajstić information content (AvgIpc) is 2.20. The second kappa shape index (κ2) is 5.38. The number of benzene rings is 1. The number of hydrogen-bond donors (Lipinski definition) is 1. The topological polar surface area (TPSA) is 12.0 Å². The predicted octanol–water partition coefficient (Wildman–Crippen LogP) is 2.96. The molecule has 0 bridgehead atoms. The van der Waals surface area contributed by atoms with E-state index in [0.29, 0.717) is 6.04 Å². The molecule has 2 heteroatoms. The van der Waals surface area contributed by atoms with E-state index >= 15 is 0 Å². The van der Waals surface area contributed by atoms with E-state index in [9.17, 15) is 0 Å². The molecule has 0 radical (unpaired) electrons. The second-order valence-electron chi connectivity index (χ2n) is 3.90. The van der Waals surface area contributed by atoms with Crippen LogP contribution in [0.3, 0.4) is 0 Å². The van der Waals surface area contributed by atoms with E-state index in [-0.39, 0.29) is 12.4 Å². The molecular formula is C12H18ClN. The molecule has 0 saturated carbocycles. The van der Waals surface area contributed by atoms with Gasteiger partial charge in [-0.2, -0.15) is 0 Å². The first-order valence-electron chi connectivity index (χ1n) is 5.16. The molecule has 1 aliphatic rings. The Morgan fingerprint density at radius 1 is 1.21 bits per heavy atom. The van der Waals surface area contributed by atoms with E-state index < -0.39 is 0 Å². The third kappa shape index (κ3) is 2.49. The van der Waals surface area contributed by atoms with Crippen LogP contribution in [-0.2, 0) is 0 Å². The van der Waals surface area contributed by atoms with Gasteiger partial charge in [-0.25, -0.2) is 0 Å². The van der Waals surface area contributed by atoms with Crippen molar-refractivity contribution in [2.24, 2.45) is 0 Å². The molecule has 14 heavy (non-hydrogen) atoms. The molecule has 1 aromatic carbocycles. The highest BCUT2D eigenvalue weighted by molar-refractivity contribution is 5.85. The van der Waals surface area contributed by atoms with E-state index in [0.717, 1.165) is 5.92 Å². The molecule has 1 saturated heterocycles.